The second kappa shape index (κ2) is 7.11. The monoisotopic (exact) mass is 391 g/mol. The molecule has 7 nitrogen and oxygen atoms in total. The standard InChI is InChI=1S/C18H19ClFN5O2/c1-18(2,3)13(5-14(26)27)24-17-12(20)8-23-16(25-17)11-7-22-15-10(11)4-9(19)6-21-15/h4,6-8,13H,5H2,1-3H3,(H,21,22)(H,26,27)(H,23,24,25)/t13-/m1/s1. The van der Waals surface area contributed by atoms with Gasteiger partial charge in [0.15, 0.2) is 17.5 Å². The van der Waals surface area contributed by atoms with E-state index in [-0.39, 0.29) is 18.1 Å². The molecule has 3 N–H and O–H groups in total. The first kappa shape index (κ1) is 19.0. The number of hydrogen-bond donors (Lipinski definition) is 3. The van der Waals surface area contributed by atoms with Gasteiger partial charge in [-0.3, -0.25) is 4.79 Å². The highest BCUT2D eigenvalue weighted by Crippen LogP contribution is 2.30. The molecular formula is C18H19ClFN5O2. The van der Waals surface area contributed by atoms with Gasteiger partial charge >= 0.3 is 5.97 Å². The molecule has 0 aromatic carbocycles. The molecule has 3 rings (SSSR count). The number of fused-ring (bicyclic) bond motifs is 1. The van der Waals surface area contributed by atoms with E-state index in [1.54, 1.807) is 12.3 Å². The summed E-state index contributed by atoms with van der Waals surface area (Å²) in [5.74, 6) is -1.41. The fourth-order valence-corrected chi connectivity index (χ4v) is 2.83. The lowest BCUT2D eigenvalue weighted by Crippen LogP contribution is -2.36. The van der Waals surface area contributed by atoms with Crippen LogP contribution < -0.4 is 5.32 Å². The highest BCUT2D eigenvalue weighted by molar-refractivity contribution is 6.31. The third-order valence-electron chi connectivity index (χ3n) is 4.22. The quantitative estimate of drug-likeness (QED) is 0.604. The average molecular weight is 392 g/mol. The smallest absolute Gasteiger partial charge is 0.305 e. The lowest BCUT2D eigenvalue weighted by atomic mass is 9.85. The van der Waals surface area contributed by atoms with Crippen molar-refractivity contribution in [1.82, 2.24) is 19.9 Å². The summed E-state index contributed by atoms with van der Waals surface area (Å²) in [7, 11) is 0. The number of halogens is 2. The Hall–Kier alpha value is -2.74. The van der Waals surface area contributed by atoms with Gasteiger partial charge in [0, 0.05) is 29.4 Å². The zero-order valence-electron chi connectivity index (χ0n) is 15.0. The van der Waals surface area contributed by atoms with E-state index in [0.717, 1.165) is 6.20 Å². The van der Waals surface area contributed by atoms with E-state index in [1.807, 2.05) is 20.8 Å². The molecule has 0 radical (unpaired) electrons. The van der Waals surface area contributed by atoms with Crippen LogP contribution >= 0.6 is 11.6 Å². The average Bonchev–Trinajstić information content (AvgIpc) is 2.98. The molecule has 0 bridgehead atoms. The predicted octanol–water partition coefficient (Wildman–Crippen LogP) is 4.11. The summed E-state index contributed by atoms with van der Waals surface area (Å²) in [6.45, 7) is 5.63. The van der Waals surface area contributed by atoms with Crippen LogP contribution in [0.3, 0.4) is 0 Å². The molecule has 0 spiro atoms. The number of carboxylic acids is 1. The SMILES string of the molecule is CC(C)(C)[C@@H](CC(=O)O)Nc1nc(-c2c[nH]c3ncc(Cl)cc23)ncc1F. The van der Waals surface area contributed by atoms with Crippen molar-refractivity contribution in [2.24, 2.45) is 5.41 Å². The maximum atomic E-state index is 14.3. The van der Waals surface area contributed by atoms with Crippen LogP contribution in [0.25, 0.3) is 22.4 Å². The number of H-pyrrole nitrogens is 1. The highest BCUT2D eigenvalue weighted by Gasteiger charge is 2.28. The maximum absolute atomic E-state index is 14.3. The second-order valence-electron chi connectivity index (χ2n) is 7.30. The third kappa shape index (κ3) is 4.16. The first-order valence-electron chi connectivity index (χ1n) is 8.29. The van der Waals surface area contributed by atoms with E-state index in [9.17, 15) is 9.18 Å². The van der Waals surface area contributed by atoms with Gasteiger partial charge in [-0.05, 0) is 11.5 Å². The van der Waals surface area contributed by atoms with Crippen LogP contribution in [0.2, 0.25) is 5.02 Å². The zero-order chi connectivity index (χ0) is 19.8. The number of aliphatic carboxylic acids is 1. The van der Waals surface area contributed by atoms with Crippen molar-refractivity contribution in [3.63, 3.8) is 0 Å². The van der Waals surface area contributed by atoms with Crippen LogP contribution in [0.15, 0.2) is 24.7 Å². The molecule has 0 aliphatic rings. The highest BCUT2D eigenvalue weighted by atomic mass is 35.5. The Morgan fingerprint density at radius 1 is 1.37 bits per heavy atom. The van der Waals surface area contributed by atoms with Gasteiger partial charge in [0.05, 0.1) is 17.6 Å². The zero-order valence-corrected chi connectivity index (χ0v) is 15.8. The molecule has 3 aromatic heterocycles. The minimum atomic E-state index is -0.977. The summed E-state index contributed by atoms with van der Waals surface area (Å²) in [6.07, 6.45) is 4.07. The molecule has 9 heteroatoms. The fraction of sp³-hybridized carbons (Fsp3) is 0.333. The van der Waals surface area contributed by atoms with Gasteiger partial charge in [-0.1, -0.05) is 32.4 Å². The number of carbonyl (C=O) groups is 1. The van der Waals surface area contributed by atoms with Crippen LogP contribution in [0.4, 0.5) is 10.2 Å². The topological polar surface area (TPSA) is 104 Å². The number of rotatable bonds is 5. The van der Waals surface area contributed by atoms with Crippen molar-refractivity contribution >= 4 is 34.4 Å². The van der Waals surface area contributed by atoms with E-state index in [0.29, 0.717) is 21.6 Å². The van der Waals surface area contributed by atoms with Gasteiger partial charge in [-0.15, -0.1) is 0 Å². The summed E-state index contributed by atoms with van der Waals surface area (Å²) >= 11 is 6.01. The van der Waals surface area contributed by atoms with Crippen molar-refractivity contribution in [3.8, 4) is 11.4 Å². The predicted molar refractivity (Wildman–Crippen MR) is 101 cm³/mol. The molecule has 0 saturated carbocycles. The number of nitrogens with one attached hydrogen (secondary N) is 2. The molecule has 0 saturated heterocycles. The largest absolute Gasteiger partial charge is 0.481 e. The van der Waals surface area contributed by atoms with Crippen molar-refractivity contribution < 1.29 is 14.3 Å². The van der Waals surface area contributed by atoms with Gasteiger partial charge in [0.1, 0.15) is 5.65 Å². The maximum Gasteiger partial charge on any atom is 0.305 e. The fourth-order valence-electron chi connectivity index (χ4n) is 2.67. The number of aromatic amines is 1. The molecule has 27 heavy (non-hydrogen) atoms. The molecule has 0 unspecified atom stereocenters. The summed E-state index contributed by atoms with van der Waals surface area (Å²) < 4.78 is 14.3. The number of nitrogens with zero attached hydrogens (tertiary/aromatic N) is 3. The molecular weight excluding hydrogens is 373 g/mol. The molecule has 0 aliphatic heterocycles. The van der Waals surface area contributed by atoms with Crippen LogP contribution in [0.5, 0.6) is 0 Å². The Morgan fingerprint density at radius 3 is 2.78 bits per heavy atom. The van der Waals surface area contributed by atoms with Crippen LogP contribution in [-0.4, -0.2) is 37.1 Å². The molecule has 1 atom stereocenters. The van der Waals surface area contributed by atoms with Gasteiger partial charge in [-0.25, -0.2) is 19.3 Å². The van der Waals surface area contributed by atoms with E-state index in [1.165, 1.54) is 6.20 Å². The van der Waals surface area contributed by atoms with Crippen molar-refractivity contribution in [2.45, 2.75) is 33.2 Å². The van der Waals surface area contributed by atoms with E-state index in [4.69, 9.17) is 16.7 Å². The molecule has 3 heterocycles. The Balaban J connectivity index is 2.01. The summed E-state index contributed by atoms with van der Waals surface area (Å²) in [5.41, 5.74) is 0.803. The normalized spacial score (nSPS) is 12.9. The molecule has 0 aliphatic carbocycles. The molecule has 0 amide bonds. The minimum Gasteiger partial charge on any atom is -0.481 e. The first-order valence-corrected chi connectivity index (χ1v) is 8.67. The van der Waals surface area contributed by atoms with Crippen molar-refractivity contribution in [3.05, 3.63) is 35.5 Å². The van der Waals surface area contributed by atoms with Gasteiger partial charge in [-0.2, -0.15) is 0 Å². The Bertz CT molecular complexity index is 999. The summed E-state index contributed by atoms with van der Waals surface area (Å²) in [4.78, 5) is 26.7. The van der Waals surface area contributed by atoms with E-state index in [2.05, 4.69) is 25.3 Å². The van der Waals surface area contributed by atoms with Crippen molar-refractivity contribution in [2.75, 3.05) is 5.32 Å². The number of hydrogen-bond acceptors (Lipinski definition) is 5. The minimum absolute atomic E-state index is 0.0505. The number of carboxylic acid groups (broad SMARTS) is 1. The van der Waals surface area contributed by atoms with E-state index < -0.39 is 23.2 Å². The second-order valence-corrected chi connectivity index (χ2v) is 7.74. The summed E-state index contributed by atoms with van der Waals surface area (Å²) in [6, 6.07) is 1.20. The molecule has 0 fully saturated rings. The van der Waals surface area contributed by atoms with Gasteiger partial charge < -0.3 is 15.4 Å². The summed E-state index contributed by atoms with van der Waals surface area (Å²) in [5, 5.41) is 13.2. The van der Waals surface area contributed by atoms with Crippen molar-refractivity contribution in [1.29, 1.82) is 0 Å². The number of pyridine rings is 1. The third-order valence-corrected chi connectivity index (χ3v) is 4.42. The van der Waals surface area contributed by atoms with Crippen LogP contribution in [0, 0.1) is 11.2 Å². The molecule has 142 valence electrons. The molecule has 3 aromatic rings. The lowest BCUT2D eigenvalue weighted by molar-refractivity contribution is -0.137. The first-order chi connectivity index (χ1) is 12.6. The Labute approximate surface area is 160 Å². The van der Waals surface area contributed by atoms with Crippen LogP contribution in [0.1, 0.15) is 27.2 Å². The lowest BCUT2D eigenvalue weighted by Gasteiger charge is -2.30. The van der Waals surface area contributed by atoms with Crippen LogP contribution in [-0.2, 0) is 4.79 Å². The number of anilines is 1. The van der Waals surface area contributed by atoms with E-state index >= 15 is 0 Å². The van der Waals surface area contributed by atoms with Gasteiger partial charge in [0.25, 0.3) is 0 Å². The van der Waals surface area contributed by atoms with Gasteiger partial charge in [0.2, 0.25) is 0 Å². The number of aromatic nitrogens is 4. The Morgan fingerprint density at radius 2 is 2.11 bits per heavy atom. The Kier molecular flexibility index (Phi) is 5.01.